The fraction of sp³-hybridized carbons (Fsp3) is 0.533. The molecule has 0 rings (SSSR count). The van der Waals surface area contributed by atoms with Crippen LogP contribution in [0.5, 0.6) is 0 Å². The topological polar surface area (TPSA) is 157 Å². The molecule has 0 aromatic heterocycles. The fourth-order valence-corrected chi connectivity index (χ4v) is 2.93. The van der Waals surface area contributed by atoms with E-state index in [1.54, 1.807) is 6.92 Å². The van der Waals surface area contributed by atoms with Gasteiger partial charge in [0.1, 0.15) is 12.9 Å². The van der Waals surface area contributed by atoms with Crippen molar-refractivity contribution in [2.45, 2.75) is 84.7 Å². The summed E-state index contributed by atoms with van der Waals surface area (Å²) in [6.07, 6.45) is 7.90. The van der Waals surface area contributed by atoms with Crippen molar-refractivity contribution in [1.29, 1.82) is 0 Å². The fourth-order valence-electron chi connectivity index (χ4n) is 2.59. The molecule has 244 valence electrons. The molecule has 0 aromatic carbocycles. The van der Waals surface area contributed by atoms with Crippen molar-refractivity contribution in [3.8, 4) is 71.2 Å². The summed E-state index contributed by atoms with van der Waals surface area (Å²) in [5.41, 5.74) is 0. The number of aliphatic hydroxyl groups is 1. The number of aliphatic hydroxyl groups excluding tert-OH is 1. The van der Waals surface area contributed by atoms with Gasteiger partial charge in [-0.1, -0.05) is 57.8 Å². The van der Waals surface area contributed by atoms with Crippen LogP contribution in [0.25, 0.3) is 0 Å². The van der Waals surface area contributed by atoms with Crippen molar-refractivity contribution < 1.29 is 118 Å². The van der Waals surface area contributed by atoms with Gasteiger partial charge in [-0.05, 0) is 42.9 Å². The zero-order valence-corrected chi connectivity index (χ0v) is 30.6. The van der Waals surface area contributed by atoms with Crippen molar-refractivity contribution in [2.75, 3.05) is 20.0 Å². The van der Waals surface area contributed by atoms with Crippen molar-refractivity contribution >= 4 is 19.7 Å². The molecular formula is C30H58NNa2O9P. The molecule has 10 nitrogen and oxygen atoms in total. The van der Waals surface area contributed by atoms with Gasteiger partial charge in [-0.3, -0.25) is 14.9 Å². The molecule has 13 heteroatoms. The van der Waals surface area contributed by atoms with Crippen LogP contribution in [0.4, 0.5) is 0 Å². The Kier molecular flexibility index (Phi) is 41.0. The summed E-state index contributed by atoms with van der Waals surface area (Å²) in [6, 6.07) is 2.35. The Balaban J connectivity index is -0.0000000360. The summed E-state index contributed by atoms with van der Waals surface area (Å²) in [5, 5.41) is 10.8. The molecule has 0 fully saturated rings. The summed E-state index contributed by atoms with van der Waals surface area (Å²) in [6.45, 7) is 3.75. The third kappa shape index (κ3) is 44.9. The van der Waals surface area contributed by atoms with E-state index < -0.39 is 33.3 Å². The maximum absolute atomic E-state index is 11.7. The van der Waals surface area contributed by atoms with Crippen LogP contribution in [0.1, 0.15) is 94.3 Å². The first kappa shape index (κ1) is 48.2. The average Bonchev–Trinajstić information content (AvgIpc) is 2.92. The molecule has 0 bridgehead atoms. The number of amides is 1. The van der Waals surface area contributed by atoms with Gasteiger partial charge in [0.15, 0.2) is 0 Å². The average molecular weight is 654 g/mol. The summed E-state index contributed by atoms with van der Waals surface area (Å²) >= 11 is 0. The van der Waals surface area contributed by atoms with E-state index in [0.29, 0.717) is 6.42 Å². The van der Waals surface area contributed by atoms with Crippen LogP contribution < -0.4 is 74.2 Å². The van der Waals surface area contributed by atoms with Crippen LogP contribution in [0, 0.1) is 71.2 Å². The first-order chi connectivity index (χ1) is 19.7. The van der Waals surface area contributed by atoms with Gasteiger partial charge in [0.25, 0.3) is 0 Å². The SMILES string of the molecule is CC#CC#CC#CC#CC#CC#CNC(C)=O.CCCCCCCCCCC(=O)O[C@@H](COCO)COP(=O)([O-])[O-].[HH].[HH].[HH].[HH].[HH].[HH].[HH].[HH].[HH].[HH].[HH].[Na+].[Na+]. The van der Waals surface area contributed by atoms with Gasteiger partial charge in [0.05, 0.1) is 21.0 Å². The minimum absolute atomic E-state index is 0. The zero-order chi connectivity index (χ0) is 31.0. The van der Waals surface area contributed by atoms with E-state index in [1.165, 1.54) is 32.6 Å². The van der Waals surface area contributed by atoms with E-state index in [2.05, 4.69) is 92.7 Å². The van der Waals surface area contributed by atoms with Gasteiger partial charge in [0.2, 0.25) is 5.91 Å². The monoisotopic (exact) mass is 653 g/mol. The number of carbonyl (C=O) groups excluding carboxylic acids is 2. The van der Waals surface area contributed by atoms with Crippen LogP contribution in [-0.4, -0.2) is 43.1 Å². The predicted molar refractivity (Wildman–Crippen MR) is 173 cm³/mol. The number of carbonyl (C=O) groups is 2. The minimum Gasteiger partial charge on any atom is -0.790 e. The first-order valence-electron chi connectivity index (χ1n) is 12.9. The molecule has 0 spiro atoms. The number of hydrogen-bond donors (Lipinski definition) is 2. The van der Waals surface area contributed by atoms with Crippen LogP contribution in [-0.2, 0) is 28.2 Å². The molecule has 0 aliphatic carbocycles. The number of phosphoric acid groups is 1. The van der Waals surface area contributed by atoms with Crippen LogP contribution >= 0.6 is 7.82 Å². The van der Waals surface area contributed by atoms with Crippen molar-refractivity contribution in [1.82, 2.24) is 5.32 Å². The van der Waals surface area contributed by atoms with Gasteiger partial charge in [-0.2, -0.15) is 0 Å². The number of rotatable bonds is 16. The molecule has 1 atom stereocenters. The standard InChI is InChI=1S/C15H7NO.C15H31O8P.2Na.11H2/c1-3-4-5-6-7-8-9-10-11-12-13-14-16-15(2)17;1-2-3-4-5-6-7-8-9-10-15(17)23-14(11-21-13-16)12-22-24(18,19)20;;;;;;;;;;;;;/h1-2H3,(H,16,17);14,16H,2-13H2,1H3,(H2,18,19,20);;;11*1H/q;;2*+1;;;;;;;;;;;/p-2/t;14-;;;;;;;;;;;;;/m.0............./s1. The Labute approximate surface area is 317 Å². The van der Waals surface area contributed by atoms with E-state index in [4.69, 9.17) is 9.84 Å². The van der Waals surface area contributed by atoms with E-state index in [-0.39, 0.29) is 93.7 Å². The second kappa shape index (κ2) is 36.5. The number of hydrogen-bond acceptors (Lipinski definition) is 9. The molecule has 0 aromatic rings. The molecule has 1 amide bonds. The number of unbranched alkanes of at least 4 members (excludes halogenated alkanes) is 7. The van der Waals surface area contributed by atoms with Gasteiger partial charge < -0.3 is 33.5 Å². The summed E-state index contributed by atoms with van der Waals surface area (Å²) < 4.78 is 24.2. The van der Waals surface area contributed by atoms with Gasteiger partial charge in [-0.25, -0.2) is 0 Å². The molecule has 0 unspecified atom stereocenters. The Hall–Kier alpha value is -1.67. The van der Waals surface area contributed by atoms with E-state index in [0.717, 1.165) is 19.3 Å². The third-order valence-electron chi connectivity index (χ3n) is 4.33. The zero-order valence-electron chi connectivity index (χ0n) is 25.7. The van der Waals surface area contributed by atoms with Crippen LogP contribution in [0.3, 0.4) is 0 Å². The van der Waals surface area contributed by atoms with Crippen molar-refractivity contribution in [3.05, 3.63) is 0 Å². The summed E-state index contributed by atoms with van der Waals surface area (Å²) in [4.78, 5) is 43.0. The molecule has 0 saturated heterocycles. The summed E-state index contributed by atoms with van der Waals surface area (Å²) in [5.74, 6) is 26.6. The Morgan fingerprint density at radius 1 is 0.837 bits per heavy atom. The Morgan fingerprint density at radius 3 is 1.79 bits per heavy atom. The number of ether oxygens (including phenoxy) is 2. The second-order valence-electron chi connectivity index (χ2n) is 7.89. The predicted octanol–water partition coefficient (Wildman–Crippen LogP) is -1.92. The molecule has 0 aliphatic heterocycles. The maximum atomic E-state index is 11.7. The van der Waals surface area contributed by atoms with Gasteiger partial charge >= 0.3 is 65.1 Å². The smallest absolute Gasteiger partial charge is 0.790 e. The molecule has 0 aliphatic rings. The largest absolute Gasteiger partial charge is 1.00 e. The van der Waals surface area contributed by atoms with E-state index in [9.17, 15) is 23.9 Å². The Bertz CT molecular complexity index is 1240. The Morgan fingerprint density at radius 2 is 1.33 bits per heavy atom. The molecular weight excluding hydrogens is 595 g/mol. The number of esters is 1. The van der Waals surface area contributed by atoms with E-state index >= 15 is 0 Å². The molecule has 0 saturated carbocycles. The minimum atomic E-state index is -5.15. The quantitative estimate of drug-likeness (QED) is 0.0369. The first-order valence-corrected chi connectivity index (χ1v) is 14.3. The normalized spacial score (nSPS) is 9.16. The van der Waals surface area contributed by atoms with Crippen LogP contribution in [0.15, 0.2) is 0 Å². The molecule has 0 radical (unpaired) electrons. The number of phosphoric ester groups is 1. The van der Waals surface area contributed by atoms with Gasteiger partial charge in [-0.15, -0.1) is 0 Å². The molecule has 0 heterocycles. The molecule has 2 N–H and O–H groups in total. The maximum Gasteiger partial charge on any atom is 1.00 e. The number of nitrogens with one attached hydrogen (secondary N) is 1. The van der Waals surface area contributed by atoms with Crippen LogP contribution in [0.2, 0.25) is 0 Å². The van der Waals surface area contributed by atoms with Crippen molar-refractivity contribution in [3.63, 3.8) is 0 Å². The molecule has 43 heavy (non-hydrogen) atoms. The second-order valence-corrected chi connectivity index (χ2v) is 9.04. The summed E-state index contributed by atoms with van der Waals surface area (Å²) in [7, 11) is -5.15. The van der Waals surface area contributed by atoms with Gasteiger partial charge in [0, 0.05) is 64.7 Å². The van der Waals surface area contributed by atoms with Crippen molar-refractivity contribution in [2.24, 2.45) is 0 Å². The third-order valence-corrected chi connectivity index (χ3v) is 4.80. The van der Waals surface area contributed by atoms with E-state index in [1.807, 2.05) is 0 Å².